The van der Waals surface area contributed by atoms with Crippen LogP contribution in [-0.2, 0) is 0 Å². The number of aryl methyl sites for hydroxylation is 2. The average molecular weight is 291 g/mol. The minimum Gasteiger partial charge on any atom is -0.496 e. The first-order valence-corrected chi connectivity index (χ1v) is 6.76. The summed E-state index contributed by atoms with van der Waals surface area (Å²) in [6.07, 6.45) is 0. The molecule has 0 aliphatic rings. The van der Waals surface area contributed by atoms with Crippen LogP contribution in [0.4, 0.5) is 8.78 Å². The molecule has 1 N–H and O–H groups in total. The van der Waals surface area contributed by atoms with Gasteiger partial charge in [-0.2, -0.15) is 0 Å². The summed E-state index contributed by atoms with van der Waals surface area (Å²) in [4.78, 5) is 0. The number of halogens is 2. The van der Waals surface area contributed by atoms with E-state index in [0.717, 1.165) is 16.9 Å². The van der Waals surface area contributed by atoms with Gasteiger partial charge in [0, 0.05) is 5.56 Å². The molecule has 0 bridgehead atoms. The van der Waals surface area contributed by atoms with Crippen molar-refractivity contribution in [1.29, 1.82) is 0 Å². The van der Waals surface area contributed by atoms with E-state index in [1.54, 1.807) is 33.2 Å². The molecule has 0 spiro atoms. The highest BCUT2D eigenvalue weighted by atomic mass is 19.2. The van der Waals surface area contributed by atoms with Gasteiger partial charge in [-0.25, -0.2) is 8.78 Å². The summed E-state index contributed by atoms with van der Waals surface area (Å²) in [5.41, 5.74) is 2.40. The average Bonchev–Trinajstić information content (AvgIpc) is 2.49. The Labute approximate surface area is 123 Å². The van der Waals surface area contributed by atoms with Gasteiger partial charge in [0.05, 0.1) is 13.2 Å². The lowest BCUT2D eigenvalue weighted by molar-refractivity contribution is 0.410. The molecule has 0 amide bonds. The predicted octanol–water partition coefficient (Wildman–Crippen LogP) is 3.90. The summed E-state index contributed by atoms with van der Waals surface area (Å²) in [7, 11) is 3.31. The Morgan fingerprint density at radius 1 is 1.00 bits per heavy atom. The first-order chi connectivity index (χ1) is 9.99. The van der Waals surface area contributed by atoms with Crippen LogP contribution in [0.5, 0.6) is 5.75 Å². The first kappa shape index (κ1) is 15.4. The number of hydrogen-bond acceptors (Lipinski definition) is 2. The van der Waals surface area contributed by atoms with Crippen molar-refractivity contribution < 1.29 is 13.5 Å². The molecule has 0 saturated heterocycles. The Kier molecular flexibility index (Phi) is 4.58. The van der Waals surface area contributed by atoms with Crippen molar-refractivity contribution in [2.24, 2.45) is 0 Å². The predicted molar refractivity (Wildman–Crippen MR) is 79.7 cm³/mol. The second kappa shape index (κ2) is 6.22. The number of ether oxygens (including phenoxy) is 1. The van der Waals surface area contributed by atoms with E-state index in [2.05, 4.69) is 5.32 Å². The van der Waals surface area contributed by atoms with Crippen molar-refractivity contribution in [1.82, 2.24) is 5.32 Å². The van der Waals surface area contributed by atoms with Gasteiger partial charge in [-0.1, -0.05) is 24.3 Å². The van der Waals surface area contributed by atoms with Crippen LogP contribution in [0.25, 0.3) is 0 Å². The van der Waals surface area contributed by atoms with Gasteiger partial charge < -0.3 is 10.1 Å². The lowest BCUT2D eigenvalue weighted by Gasteiger charge is -2.20. The van der Waals surface area contributed by atoms with Crippen LogP contribution in [0.1, 0.15) is 28.3 Å². The molecule has 2 nitrogen and oxygen atoms in total. The molecule has 0 fully saturated rings. The molecule has 0 aliphatic heterocycles. The second-order valence-corrected chi connectivity index (χ2v) is 5.05. The summed E-state index contributed by atoms with van der Waals surface area (Å²) in [6, 6.07) is 8.39. The second-order valence-electron chi connectivity index (χ2n) is 5.05. The van der Waals surface area contributed by atoms with E-state index in [1.165, 1.54) is 0 Å². The maximum absolute atomic E-state index is 14.2. The molecular weight excluding hydrogens is 272 g/mol. The molecule has 0 aliphatic carbocycles. The van der Waals surface area contributed by atoms with Gasteiger partial charge >= 0.3 is 0 Å². The third-order valence-corrected chi connectivity index (χ3v) is 3.67. The van der Waals surface area contributed by atoms with Crippen LogP contribution >= 0.6 is 0 Å². The monoisotopic (exact) mass is 291 g/mol. The Hall–Kier alpha value is -1.94. The lowest BCUT2D eigenvalue weighted by Crippen LogP contribution is -2.20. The molecular formula is C17H19F2NO. The molecule has 4 heteroatoms. The van der Waals surface area contributed by atoms with E-state index in [4.69, 9.17) is 4.74 Å². The summed E-state index contributed by atoms with van der Waals surface area (Å²) in [5.74, 6) is -0.888. The molecule has 0 saturated carbocycles. The number of methoxy groups -OCH3 is 1. The molecule has 112 valence electrons. The smallest absolute Gasteiger partial charge is 0.164 e. The molecule has 1 unspecified atom stereocenters. The van der Waals surface area contributed by atoms with Gasteiger partial charge in [-0.05, 0) is 43.7 Å². The van der Waals surface area contributed by atoms with E-state index in [0.29, 0.717) is 5.56 Å². The Balaban J connectivity index is 2.52. The minimum absolute atomic E-state index is 0.284. The third-order valence-electron chi connectivity index (χ3n) is 3.67. The van der Waals surface area contributed by atoms with E-state index in [-0.39, 0.29) is 5.56 Å². The maximum atomic E-state index is 14.2. The number of rotatable bonds is 4. The van der Waals surface area contributed by atoms with Crippen molar-refractivity contribution in [2.45, 2.75) is 19.9 Å². The molecule has 2 aromatic rings. The molecule has 2 rings (SSSR count). The summed E-state index contributed by atoms with van der Waals surface area (Å²) < 4.78 is 33.3. The highest BCUT2D eigenvalue weighted by molar-refractivity contribution is 5.42. The normalized spacial score (nSPS) is 12.3. The van der Waals surface area contributed by atoms with Crippen LogP contribution in [0.3, 0.4) is 0 Å². The van der Waals surface area contributed by atoms with Crippen LogP contribution in [0, 0.1) is 25.5 Å². The zero-order valence-corrected chi connectivity index (χ0v) is 12.6. The van der Waals surface area contributed by atoms with E-state index >= 15 is 0 Å². The van der Waals surface area contributed by atoms with E-state index in [1.807, 2.05) is 25.1 Å². The summed E-state index contributed by atoms with van der Waals surface area (Å²) in [6.45, 7) is 3.48. The third kappa shape index (κ3) is 2.90. The van der Waals surface area contributed by atoms with Crippen molar-refractivity contribution in [3.05, 3.63) is 64.2 Å². The Morgan fingerprint density at radius 2 is 1.67 bits per heavy atom. The Morgan fingerprint density at radius 3 is 2.29 bits per heavy atom. The quantitative estimate of drug-likeness (QED) is 0.922. The zero-order chi connectivity index (χ0) is 15.6. The van der Waals surface area contributed by atoms with Crippen molar-refractivity contribution in [3.8, 4) is 5.75 Å². The van der Waals surface area contributed by atoms with Gasteiger partial charge in [0.1, 0.15) is 5.75 Å². The highest BCUT2D eigenvalue weighted by Crippen LogP contribution is 2.30. The Bertz CT molecular complexity index is 655. The molecule has 2 aromatic carbocycles. The fourth-order valence-electron chi connectivity index (χ4n) is 2.40. The molecule has 0 radical (unpaired) electrons. The van der Waals surface area contributed by atoms with Gasteiger partial charge in [0.15, 0.2) is 11.6 Å². The zero-order valence-electron chi connectivity index (χ0n) is 12.6. The lowest BCUT2D eigenvalue weighted by atomic mass is 9.96. The highest BCUT2D eigenvalue weighted by Gasteiger charge is 2.20. The standard InChI is InChI=1S/C17H19F2NO/c1-10-5-7-12(9-14(10)21-4)17(20-3)13-8-6-11(2)15(18)16(13)19/h5-9,17,20H,1-4H3. The molecule has 21 heavy (non-hydrogen) atoms. The molecule has 1 atom stereocenters. The van der Waals surface area contributed by atoms with Crippen LogP contribution in [0.2, 0.25) is 0 Å². The van der Waals surface area contributed by atoms with Gasteiger partial charge in [0.2, 0.25) is 0 Å². The van der Waals surface area contributed by atoms with Crippen molar-refractivity contribution in [2.75, 3.05) is 14.2 Å². The van der Waals surface area contributed by atoms with E-state index < -0.39 is 17.7 Å². The maximum Gasteiger partial charge on any atom is 0.164 e. The first-order valence-electron chi connectivity index (χ1n) is 6.76. The SMILES string of the molecule is CNC(c1ccc(C)c(OC)c1)c1ccc(C)c(F)c1F. The number of hydrogen-bond donors (Lipinski definition) is 1. The number of benzene rings is 2. The summed E-state index contributed by atoms with van der Waals surface area (Å²) >= 11 is 0. The van der Waals surface area contributed by atoms with Crippen LogP contribution in [-0.4, -0.2) is 14.2 Å². The largest absolute Gasteiger partial charge is 0.496 e. The fourth-order valence-corrected chi connectivity index (χ4v) is 2.40. The summed E-state index contributed by atoms with van der Waals surface area (Å²) in [5, 5.41) is 3.03. The van der Waals surface area contributed by atoms with E-state index in [9.17, 15) is 8.78 Å². The molecule has 0 aromatic heterocycles. The topological polar surface area (TPSA) is 21.3 Å². The fraction of sp³-hybridized carbons (Fsp3) is 0.294. The van der Waals surface area contributed by atoms with Crippen LogP contribution < -0.4 is 10.1 Å². The van der Waals surface area contributed by atoms with Gasteiger partial charge in [-0.15, -0.1) is 0 Å². The number of nitrogens with one attached hydrogen (secondary N) is 1. The van der Waals surface area contributed by atoms with Crippen molar-refractivity contribution >= 4 is 0 Å². The molecule has 0 heterocycles. The van der Waals surface area contributed by atoms with Gasteiger partial charge in [-0.3, -0.25) is 0 Å². The van der Waals surface area contributed by atoms with Crippen LogP contribution in [0.15, 0.2) is 30.3 Å². The minimum atomic E-state index is -0.811. The van der Waals surface area contributed by atoms with Gasteiger partial charge in [0.25, 0.3) is 0 Å². The van der Waals surface area contributed by atoms with Crippen molar-refractivity contribution in [3.63, 3.8) is 0 Å².